The molecular formula is C13H5Cl3F3I. The zero-order chi connectivity index (χ0) is 15.1. The maximum atomic E-state index is 12.8. The Morgan fingerprint density at radius 1 is 0.800 bits per heavy atom. The number of hydrogen-bond acceptors (Lipinski definition) is 0. The first-order valence-corrected chi connectivity index (χ1v) is 7.42. The third-order valence-corrected chi connectivity index (χ3v) is 4.36. The number of hydrogen-bond donors (Lipinski definition) is 0. The molecular weight excluding hydrogens is 446 g/mol. The van der Waals surface area contributed by atoms with E-state index in [1.807, 2.05) is 22.6 Å². The molecule has 0 saturated carbocycles. The van der Waals surface area contributed by atoms with Crippen molar-refractivity contribution < 1.29 is 13.2 Å². The van der Waals surface area contributed by atoms with E-state index >= 15 is 0 Å². The summed E-state index contributed by atoms with van der Waals surface area (Å²) in [6.45, 7) is 0. The molecule has 2 rings (SSSR count). The van der Waals surface area contributed by atoms with Crippen molar-refractivity contribution in [3.8, 4) is 11.1 Å². The first-order chi connectivity index (χ1) is 9.18. The van der Waals surface area contributed by atoms with Gasteiger partial charge in [0.2, 0.25) is 0 Å². The van der Waals surface area contributed by atoms with Crippen LogP contribution in [-0.4, -0.2) is 0 Å². The lowest BCUT2D eigenvalue weighted by molar-refractivity contribution is -0.137. The average molecular weight is 451 g/mol. The minimum atomic E-state index is -4.41. The predicted octanol–water partition coefficient (Wildman–Crippen LogP) is 6.94. The molecule has 0 fully saturated rings. The Morgan fingerprint density at radius 2 is 1.30 bits per heavy atom. The van der Waals surface area contributed by atoms with Crippen LogP contribution in [0.25, 0.3) is 11.1 Å². The summed E-state index contributed by atoms with van der Waals surface area (Å²) in [6.07, 6.45) is -4.41. The molecule has 0 aliphatic carbocycles. The lowest BCUT2D eigenvalue weighted by atomic mass is 10.0. The molecule has 0 aliphatic heterocycles. The van der Waals surface area contributed by atoms with Crippen molar-refractivity contribution in [2.75, 3.05) is 0 Å². The van der Waals surface area contributed by atoms with Crippen LogP contribution in [0.4, 0.5) is 13.2 Å². The van der Waals surface area contributed by atoms with Crippen LogP contribution in [0, 0.1) is 3.57 Å². The third-order valence-electron chi connectivity index (χ3n) is 2.54. The van der Waals surface area contributed by atoms with Crippen molar-refractivity contribution in [1.29, 1.82) is 0 Å². The Hall–Kier alpha value is -0.170. The van der Waals surface area contributed by atoms with Gasteiger partial charge >= 0.3 is 6.18 Å². The highest BCUT2D eigenvalue weighted by molar-refractivity contribution is 14.1. The minimum Gasteiger partial charge on any atom is -0.166 e. The van der Waals surface area contributed by atoms with Crippen molar-refractivity contribution >= 4 is 57.4 Å². The SMILES string of the molecule is FC(F)(F)c1cc(I)cc(-c2cc(Cl)c(Cl)c(Cl)c2)c1. The summed E-state index contributed by atoms with van der Waals surface area (Å²) < 4.78 is 38.9. The Labute approximate surface area is 142 Å². The molecule has 0 aliphatic rings. The summed E-state index contributed by atoms with van der Waals surface area (Å²) in [5.74, 6) is 0. The molecule has 0 aromatic heterocycles. The fraction of sp³-hybridized carbons (Fsp3) is 0.0769. The van der Waals surface area contributed by atoms with Crippen molar-refractivity contribution in [1.82, 2.24) is 0 Å². The molecule has 20 heavy (non-hydrogen) atoms. The van der Waals surface area contributed by atoms with Crippen molar-refractivity contribution in [2.45, 2.75) is 6.18 Å². The van der Waals surface area contributed by atoms with Crippen LogP contribution < -0.4 is 0 Å². The van der Waals surface area contributed by atoms with Crippen LogP contribution in [0.1, 0.15) is 5.56 Å². The zero-order valence-electron chi connectivity index (χ0n) is 9.53. The highest BCUT2D eigenvalue weighted by atomic mass is 127. The Morgan fingerprint density at radius 3 is 1.80 bits per heavy atom. The second kappa shape index (κ2) is 5.91. The van der Waals surface area contributed by atoms with Gasteiger partial charge in [-0.3, -0.25) is 0 Å². The maximum Gasteiger partial charge on any atom is 0.416 e. The molecule has 0 nitrogen and oxygen atoms in total. The predicted molar refractivity (Wildman–Crippen MR) is 84.6 cm³/mol. The van der Waals surface area contributed by atoms with Gasteiger partial charge in [0.05, 0.1) is 20.6 Å². The lowest BCUT2D eigenvalue weighted by Gasteiger charge is -2.11. The standard InChI is InChI=1S/C13H5Cl3F3I/c14-10-3-7(4-11(15)12(10)16)6-1-8(13(17,18)19)5-9(20)2-6/h1-5H. The smallest absolute Gasteiger partial charge is 0.166 e. The number of rotatable bonds is 1. The normalized spacial score (nSPS) is 11.8. The van der Waals surface area contributed by atoms with E-state index in [1.54, 1.807) is 6.07 Å². The minimum absolute atomic E-state index is 0.179. The second-order valence-corrected chi connectivity index (χ2v) is 6.42. The van der Waals surface area contributed by atoms with Gasteiger partial charge in [-0.05, 0) is 64.0 Å². The molecule has 0 saturated heterocycles. The van der Waals surface area contributed by atoms with Crippen molar-refractivity contribution in [2.24, 2.45) is 0 Å². The highest BCUT2D eigenvalue weighted by Gasteiger charge is 2.31. The Bertz CT molecular complexity index is 645. The van der Waals surface area contributed by atoms with E-state index in [0.29, 0.717) is 14.7 Å². The van der Waals surface area contributed by atoms with Crippen LogP contribution in [0.15, 0.2) is 30.3 Å². The summed E-state index contributed by atoms with van der Waals surface area (Å²) >= 11 is 19.5. The average Bonchev–Trinajstić information content (AvgIpc) is 2.33. The van der Waals surface area contributed by atoms with E-state index < -0.39 is 11.7 Å². The molecule has 7 heteroatoms. The molecule has 0 N–H and O–H groups in total. The number of halogens is 7. The molecule has 0 radical (unpaired) electrons. The molecule has 0 unspecified atom stereocenters. The zero-order valence-corrected chi connectivity index (χ0v) is 14.0. The summed E-state index contributed by atoms with van der Waals surface area (Å²) in [5.41, 5.74) is 0.139. The number of alkyl halides is 3. The summed E-state index contributed by atoms with van der Waals surface area (Å²) in [7, 11) is 0. The van der Waals surface area contributed by atoms with Gasteiger partial charge in [-0.15, -0.1) is 0 Å². The monoisotopic (exact) mass is 450 g/mol. The van der Waals surface area contributed by atoms with E-state index in [-0.39, 0.29) is 15.1 Å². The first kappa shape index (κ1) is 16.2. The van der Waals surface area contributed by atoms with Crippen LogP contribution in [0.2, 0.25) is 15.1 Å². The van der Waals surface area contributed by atoms with Gasteiger partial charge in [-0.1, -0.05) is 34.8 Å². The first-order valence-electron chi connectivity index (χ1n) is 5.21. The van der Waals surface area contributed by atoms with Crippen LogP contribution >= 0.6 is 57.4 Å². The second-order valence-electron chi connectivity index (χ2n) is 3.98. The fourth-order valence-electron chi connectivity index (χ4n) is 1.64. The van der Waals surface area contributed by atoms with Gasteiger partial charge < -0.3 is 0 Å². The molecule has 0 atom stereocenters. The van der Waals surface area contributed by atoms with E-state index in [1.165, 1.54) is 12.1 Å². The quantitative estimate of drug-likeness (QED) is 0.326. The summed E-state index contributed by atoms with van der Waals surface area (Å²) in [4.78, 5) is 0. The molecule has 0 spiro atoms. The van der Waals surface area contributed by atoms with Gasteiger partial charge in [0.15, 0.2) is 0 Å². The van der Waals surface area contributed by atoms with E-state index in [4.69, 9.17) is 34.8 Å². The highest BCUT2D eigenvalue weighted by Crippen LogP contribution is 2.38. The van der Waals surface area contributed by atoms with Crippen LogP contribution in [0.3, 0.4) is 0 Å². The van der Waals surface area contributed by atoms with Crippen LogP contribution in [0.5, 0.6) is 0 Å². The summed E-state index contributed by atoms with van der Waals surface area (Å²) in [5, 5.41) is 0.571. The molecule has 2 aromatic carbocycles. The Balaban J connectivity index is 2.61. The molecule has 0 amide bonds. The van der Waals surface area contributed by atoms with Crippen molar-refractivity contribution in [3.05, 3.63) is 54.5 Å². The molecule has 0 bridgehead atoms. The molecule has 2 aromatic rings. The van der Waals surface area contributed by atoms with E-state index in [2.05, 4.69) is 0 Å². The van der Waals surface area contributed by atoms with Crippen LogP contribution in [-0.2, 0) is 6.18 Å². The Kier molecular flexibility index (Phi) is 4.79. The maximum absolute atomic E-state index is 12.8. The van der Waals surface area contributed by atoms with Gasteiger partial charge in [0.25, 0.3) is 0 Å². The van der Waals surface area contributed by atoms with Gasteiger partial charge in [0.1, 0.15) is 0 Å². The lowest BCUT2D eigenvalue weighted by Crippen LogP contribution is -2.05. The third kappa shape index (κ3) is 3.53. The molecule has 106 valence electrons. The van der Waals surface area contributed by atoms with Gasteiger partial charge in [-0.2, -0.15) is 13.2 Å². The van der Waals surface area contributed by atoms with Crippen molar-refractivity contribution in [3.63, 3.8) is 0 Å². The largest absolute Gasteiger partial charge is 0.416 e. The molecule has 0 heterocycles. The number of benzene rings is 2. The topological polar surface area (TPSA) is 0 Å². The van der Waals surface area contributed by atoms with E-state index in [0.717, 1.165) is 12.1 Å². The summed E-state index contributed by atoms with van der Waals surface area (Å²) in [6, 6.07) is 6.72. The fourth-order valence-corrected chi connectivity index (χ4v) is 2.91. The van der Waals surface area contributed by atoms with Gasteiger partial charge in [-0.25, -0.2) is 0 Å². The van der Waals surface area contributed by atoms with Gasteiger partial charge in [0, 0.05) is 3.57 Å². The van der Waals surface area contributed by atoms with E-state index in [9.17, 15) is 13.2 Å².